The largest absolute Gasteiger partial charge is 0.350 e. The van der Waals surface area contributed by atoms with E-state index in [1.165, 1.54) is 11.3 Å². The van der Waals surface area contributed by atoms with E-state index < -0.39 is 6.04 Å². The van der Waals surface area contributed by atoms with Crippen molar-refractivity contribution in [1.29, 1.82) is 0 Å². The van der Waals surface area contributed by atoms with Crippen LogP contribution in [0.1, 0.15) is 23.9 Å². The smallest absolute Gasteiger partial charge is 0.243 e. The van der Waals surface area contributed by atoms with Gasteiger partial charge in [0.1, 0.15) is 6.04 Å². The number of halogens is 1. The topological polar surface area (TPSA) is 97.1 Å². The first-order chi connectivity index (χ1) is 14.5. The van der Waals surface area contributed by atoms with Gasteiger partial charge in [0.05, 0.1) is 15.2 Å². The van der Waals surface area contributed by atoms with Crippen LogP contribution in [-0.4, -0.2) is 35.4 Å². The molecule has 0 saturated heterocycles. The highest BCUT2D eigenvalue weighted by Crippen LogP contribution is 2.26. The Bertz CT molecular complexity index is 1010. The van der Waals surface area contributed by atoms with E-state index in [0.29, 0.717) is 30.8 Å². The molecule has 4 N–H and O–H groups in total. The van der Waals surface area contributed by atoms with Crippen LogP contribution < -0.4 is 16.4 Å². The second-order valence-electron chi connectivity index (χ2n) is 7.03. The third-order valence-corrected chi connectivity index (χ3v) is 5.98. The maximum atomic E-state index is 13.0. The molecule has 2 aromatic carbocycles. The molecule has 30 heavy (non-hydrogen) atoms. The summed E-state index contributed by atoms with van der Waals surface area (Å²) in [5.74, 6) is -0.452. The zero-order valence-electron chi connectivity index (χ0n) is 16.7. The highest BCUT2D eigenvalue weighted by Gasteiger charge is 2.24. The summed E-state index contributed by atoms with van der Waals surface area (Å²) in [6.45, 7) is 2.05. The molecule has 1 heterocycles. The van der Waals surface area contributed by atoms with Crippen LogP contribution in [0.4, 0.5) is 0 Å². The number of carbonyl (C=O) groups is 2. The van der Waals surface area contributed by atoms with Gasteiger partial charge in [-0.2, -0.15) is 0 Å². The molecule has 0 fully saturated rings. The van der Waals surface area contributed by atoms with Crippen LogP contribution >= 0.6 is 22.9 Å². The summed E-state index contributed by atoms with van der Waals surface area (Å²) in [4.78, 5) is 29.6. The zero-order valence-corrected chi connectivity index (χ0v) is 18.3. The molecule has 0 bridgehead atoms. The van der Waals surface area contributed by atoms with Crippen molar-refractivity contribution in [2.24, 2.45) is 5.73 Å². The van der Waals surface area contributed by atoms with E-state index in [1.54, 1.807) is 13.0 Å². The number of nitrogens with two attached hydrogens (primary N) is 1. The molecule has 0 spiro atoms. The number of hydrogen-bond donors (Lipinski definition) is 3. The van der Waals surface area contributed by atoms with E-state index in [2.05, 4.69) is 15.6 Å². The third-order valence-electron chi connectivity index (χ3n) is 4.70. The van der Waals surface area contributed by atoms with Gasteiger partial charge in [0.25, 0.3) is 0 Å². The van der Waals surface area contributed by atoms with Crippen LogP contribution in [0, 0.1) is 0 Å². The zero-order chi connectivity index (χ0) is 21.5. The fraction of sp³-hybridized carbons (Fsp3) is 0.318. The number of amides is 2. The number of fused-ring (bicyclic) bond motifs is 1. The molecule has 0 aliphatic heterocycles. The Labute approximate surface area is 184 Å². The fourth-order valence-corrected chi connectivity index (χ4v) is 4.40. The van der Waals surface area contributed by atoms with Crippen molar-refractivity contribution >= 4 is 45.0 Å². The van der Waals surface area contributed by atoms with E-state index in [4.69, 9.17) is 17.3 Å². The number of thiazole rings is 1. The number of nitrogens with one attached hydrogen (secondary N) is 2. The van der Waals surface area contributed by atoms with Crippen LogP contribution in [0.15, 0.2) is 48.5 Å². The predicted molar refractivity (Wildman–Crippen MR) is 122 cm³/mol. The summed E-state index contributed by atoms with van der Waals surface area (Å²) in [7, 11) is 0. The summed E-state index contributed by atoms with van der Waals surface area (Å²) in [6.07, 6.45) is 1.22. The number of carbonyl (C=O) groups excluding carboxylic acids is 2. The van der Waals surface area contributed by atoms with Crippen molar-refractivity contribution in [2.75, 3.05) is 6.54 Å². The lowest BCUT2D eigenvalue weighted by molar-refractivity contribution is -0.129. The Morgan fingerprint density at radius 2 is 1.90 bits per heavy atom. The number of nitrogens with zero attached hydrogens (tertiary/aromatic N) is 1. The van der Waals surface area contributed by atoms with Gasteiger partial charge < -0.3 is 16.4 Å². The normalized spacial score (nSPS) is 13.0. The van der Waals surface area contributed by atoms with E-state index in [1.807, 2.05) is 42.5 Å². The lowest BCUT2D eigenvalue weighted by atomic mass is 10.1. The van der Waals surface area contributed by atoms with Gasteiger partial charge in [-0.25, -0.2) is 4.98 Å². The highest BCUT2D eigenvalue weighted by atomic mass is 35.5. The second-order valence-corrected chi connectivity index (χ2v) is 8.58. The lowest BCUT2D eigenvalue weighted by Gasteiger charge is -2.22. The van der Waals surface area contributed by atoms with Crippen LogP contribution in [0.25, 0.3) is 10.2 Å². The monoisotopic (exact) mass is 444 g/mol. The Kier molecular flexibility index (Phi) is 7.79. The van der Waals surface area contributed by atoms with Gasteiger partial charge >= 0.3 is 0 Å². The average Bonchev–Trinajstić information content (AvgIpc) is 3.14. The molecule has 0 aliphatic carbocycles. The fourth-order valence-electron chi connectivity index (χ4n) is 3.11. The highest BCUT2D eigenvalue weighted by molar-refractivity contribution is 7.18. The minimum atomic E-state index is -0.724. The molecular weight excluding hydrogens is 420 g/mol. The Morgan fingerprint density at radius 1 is 1.13 bits per heavy atom. The molecule has 3 aromatic rings. The van der Waals surface area contributed by atoms with Crippen LogP contribution in [0.5, 0.6) is 0 Å². The summed E-state index contributed by atoms with van der Waals surface area (Å²) in [6, 6.07) is 14.4. The molecule has 3 rings (SSSR count). The molecule has 6 nitrogen and oxygen atoms in total. The number of rotatable bonds is 9. The van der Waals surface area contributed by atoms with E-state index in [-0.39, 0.29) is 17.9 Å². The van der Waals surface area contributed by atoms with Gasteiger partial charge in [-0.05, 0) is 30.2 Å². The van der Waals surface area contributed by atoms with Crippen molar-refractivity contribution in [2.45, 2.75) is 38.3 Å². The van der Waals surface area contributed by atoms with Crippen LogP contribution in [0.3, 0.4) is 0 Å². The summed E-state index contributed by atoms with van der Waals surface area (Å²) < 4.78 is 0.947. The molecule has 0 unspecified atom stereocenters. The minimum absolute atomic E-state index is 0.188. The summed E-state index contributed by atoms with van der Waals surface area (Å²) >= 11 is 7.53. The van der Waals surface area contributed by atoms with E-state index in [0.717, 1.165) is 20.8 Å². The number of benzene rings is 2. The first-order valence-electron chi connectivity index (χ1n) is 9.87. The molecule has 0 aliphatic rings. The first-order valence-corrected chi connectivity index (χ1v) is 11.1. The van der Waals surface area contributed by atoms with Crippen LogP contribution in [0.2, 0.25) is 5.02 Å². The van der Waals surface area contributed by atoms with Crippen molar-refractivity contribution in [3.05, 3.63) is 64.1 Å². The average molecular weight is 445 g/mol. The molecular formula is C22H25ClN4O2S. The van der Waals surface area contributed by atoms with Gasteiger partial charge in [-0.3, -0.25) is 9.59 Å². The SMILES string of the molecule is CCC(=O)N[C@H](Cc1nc2ccc(Cl)cc2s1)C(=O)N[C@H](CN)Cc1ccccc1. The van der Waals surface area contributed by atoms with Gasteiger partial charge in [0, 0.05) is 30.5 Å². The number of aromatic nitrogens is 1. The molecule has 0 saturated carbocycles. The Hall–Kier alpha value is -2.48. The Balaban J connectivity index is 1.73. The van der Waals surface area contributed by atoms with Gasteiger partial charge in [-0.1, -0.05) is 48.9 Å². The van der Waals surface area contributed by atoms with E-state index in [9.17, 15) is 9.59 Å². The quantitative estimate of drug-likeness (QED) is 0.472. The maximum absolute atomic E-state index is 13.0. The second kappa shape index (κ2) is 10.5. The molecule has 158 valence electrons. The molecule has 1 aromatic heterocycles. The molecule has 8 heteroatoms. The maximum Gasteiger partial charge on any atom is 0.243 e. The number of hydrogen-bond acceptors (Lipinski definition) is 5. The predicted octanol–water partition coefficient (Wildman–Crippen LogP) is 3.07. The summed E-state index contributed by atoms with van der Waals surface area (Å²) in [5.41, 5.74) is 7.80. The van der Waals surface area contributed by atoms with Crippen molar-refractivity contribution in [3.8, 4) is 0 Å². The van der Waals surface area contributed by atoms with Crippen molar-refractivity contribution in [1.82, 2.24) is 15.6 Å². The summed E-state index contributed by atoms with van der Waals surface area (Å²) in [5, 5.41) is 7.20. The van der Waals surface area contributed by atoms with E-state index >= 15 is 0 Å². The van der Waals surface area contributed by atoms with Crippen molar-refractivity contribution in [3.63, 3.8) is 0 Å². The molecule has 0 radical (unpaired) electrons. The van der Waals surface area contributed by atoms with Gasteiger partial charge in [-0.15, -0.1) is 11.3 Å². The van der Waals surface area contributed by atoms with Crippen LogP contribution in [-0.2, 0) is 22.4 Å². The Morgan fingerprint density at radius 3 is 2.60 bits per heavy atom. The minimum Gasteiger partial charge on any atom is -0.350 e. The molecule has 2 amide bonds. The first kappa shape index (κ1) is 22.2. The third kappa shape index (κ3) is 6.01. The van der Waals surface area contributed by atoms with Gasteiger partial charge in [0.2, 0.25) is 11.8 Å². The van der Waals surface area contributed by atoms with Gasteiger partial charge in [0.15, 0.2) is 0 Å². The standard InChI is InChI=1S/C22H25ClN4O2S/c1-2-20(28)26-18(12-21-27-17-9-8-15(23)11-19(17)30-21)22(29)25-16(13-24)10-14-6-4-3-5-7-14/h3-9,11,16,18H,2,10,12-13,24H2,1H3,(H,25,29)(H,26,28)/t16-,18+/m0/s1. The molecule has 2 atom stereocenters. The van der Waals surface area contributed by atoms with Crippen molar-refractivity contribution < 1.29 is 9.59 Å². The lowest BCUT2D eigenvalue weighted by Crippen LogP contribution is -2.52.